The van der Waals surface area contributed by atoms with Gasteiger partial charge in [-0.25, -0.2) is 13.1 Å². The number of hydrogen-bond acceptors (Lipinski definition) is 5. The fraction of sp³-hybridized carbons (Fsp3) is 0.143. The Morgan fingerprint density at radius 3 is 2.39 bits per heavy atom. The molecule has 2 aromatic carbocycles. The Kier molecular flexibility index (Phi) is 7.11. The highest BCUT2D eigenvalue weighted by atomic mass is 35.5. The topological polar surface area (TPSA) is 85.4 Å². The first-order valence-electron chi connectivity index (χ1n) is 8.86. The lowest BCUT2D eigenvalue weighted by Crippen LogP contribution is -2.29. The van der Waals surface area contributed by atoms with Crippen molar-refractivity contribution < 1.29 is 17.9 Å². The molecule has 0 atom stereocenters. The number of nitrogens with one attached hydrogen (secondary N) is 1. The maximum absolute atomic E-state index is 12.1. The molecule has 1 aromatic heterocycles. The molecule has 1 heterocycles. The largest absolute Gasteiger partial charge is 0.496 e. The van der Waals surface area contributed by atoms with Gasteiger partial charge in [-0.2, -0.15) is 0 Å². The molecule has 0 saturated heterocycles. The highest BCUT2D eigenvalue weighted by molar-refractivity contribution is 7.89. The van der Waals surface area contributed by atoms with E-state index in [1.165, 1.54) is 19.2 Å². The Morgan fingerprint density at radius 2 is 1.77 bits per heavy atom. The highest BCUT2D eigenvalue weighted by Gasteiger charge is 2.16. The minimum atomic E-state index is -3.68. The van der Waals surface area contributed by atoms with Gasteiger partial charge in [0.05, 0.1) is 34.1 Å². The van der Waals surface area contributed by atoms with Gasteiger partial charge < -0.3 is 4.74 Å². The molecule has 0 aliphatic carbocycles. The molecular weight excluding hydrogens is 483 g/mol. The molecule has 0 saturated carbocycles. The number of rotatable bonds is 6. The predicted octanol–water partition coefficient (Wildman–Crippen LogP) is 5.00. The number of nitrogens with zero attached hydrogens (tertiary/aromatic N) is 1. The summed E-state index contributed by atoms with van der Waals surface area (Å²) in [5, 5.41) is 1.38. The first kappa shape index (κ1) is 23.3. The van der Waals surface area contributed by atoms with E-state index in [1.54, 1.807) is 30.5 Å². The predicted molar refractivity (Wildman–Crippen MR) is 123 cm³/mol. The summed E-state index contributed by atoms with van der Waals surface area (Å²) in [5.74, 6) is -0.378. The number of hydrogen-bond donors (Lipinski definition) is 1. The summed E-state index contributed by atoms with van der Waals surface area (Å²) in [6.45, 7) is 0. The maximum Gasteiger partial charge on any atom is 0.264 e. The van der Waals surface area contributed by atoms with E-state index in [9.17, 15) is 13.2 Å². The van der Waals surface area contributed by atoms with Crippen LogP contribution in [0, 0.1) is 0 Å². The quantitative estimate of drug-likeness (QED) is 0.516. The summed E-state index contributed by atoms with van der Waals surface area (Å²) in [4.78, 5) is 16.6. The van der Waals surface area contributed by atoms with Gasteiger partial charge in [0, 0.05) is 29.3 Å². The van der Waals surface area contributed by atoms with Crippen LogP contribution in [0.3, 0.4) is 0 Å². The van der Waals surface area contributed by atoms with E-state index < -0.39 is 15.9 Å². The number of benzene rings is 2. The average Bonchev–Trinajstić information content (AvgIpc) is 2.70. The molecule has 6 nitrogen and oxygen atoms in total. The molecule has 0 spiro atoms. The van der Waals surface area contributed by atoms with E-state index in [-0.39, 0.29) is 5.56 Å². The van der Waals surface area contributed by atoms with Gasteiger partial charge in [-0.1, -0.05) is 40.9 Å². The second-order valence-electron chi connectivity index (χ2n) is 6.70. The van der Waals surface area contributed by atoms with Crippen LogP contribution >= 0.6 is 34.8 Å². The monoisotopic (exact) mass is 498 g/mol. The summed E-state index contributed by atoms with van der Waals surface area (Å²) in [5.41, 5.74) is 3.03. The third kappa shape index (κ3) is 5.89. The number of pyridine rings is 1. The van der Waals surface area contributed by atoms with E-state index in [1.807, 2.05) is 10.8 Å². The number of carbonyl (C=O) groups excluding carboxylic acids is 1. The molecule has 31 heavy (non-hydrogen) atoms. The van der Waals surface area contributed by atoms with E-state index in [0.29, 0.717) is 44.1 Å². The van der Waals surface area contributed by atoms with Gasteiger partial charge in [0.15, 0.2) is 0 Å². The Balaban J connectivity index is 1.89. The lowest BCUT2D eigenvalue weighted by molar-refractivity contribution is 0.0981. The molecule has 10 heteroatoms. The van der Waals surface area contributed by atoms with Crippen molar-refractivity contribution in [3.63, 3.8) is 0 Å². The van der Waals surface area contributed by atoms with Crippen molar-refractivity contribution in [2.75, 3.05) is 13.4 Å². The molecule has 3 rings (SSSR count). The fourth-order valence-electron chi connectivity index (χ4n) is 2.88. The fourth-order valence-corrected chi connectivity index (χ4v) is 3.89. The van der Waals surface area contributed by atoms with Crippen LogP contribution in [0.2, 0.25) is 15.1 Å². The van der Waals surface area contributed by atoms with Crippen molar-refractivity contribution in [3.8, 4) is 16.9 Å². The minimum absolute atomic E-state index is 0.140. The van der Waals surface area contributed by atoms with Crippen LogP contribution in [0.25, 0.3) is 11.1 Å². The number of carbonyl (C=O) groups is 1. The van der Waals surface area contributed by atoms with Crippen LogP contribution in [-0.2, 0) is 16.4 Å². The molecule has 0 fully saturated rings. The van der Waals surface area contributed by atoms with Crippen LogP contribution < -0.4 is 9.46 Å². The van der Waals surface area contributed by atoms with Crippen LogP contribution in [0.1, 0.15) is 21.6 Å². The van der Waals surface area contributed by atoms with Crippen molar-refractivity contribution in [1.29, 1.82) is 0 Å². The summed E-state index contributed by atoms with van der Waals surface area (Å²) < 4.78 is 29.9. The smallest absolute Gasteiger partial charge is 0.264 e. The van der Waals surface area contributed by atoms with E-state index >= 15 is 0 Å². The van der Waals surface area contributed by atoms with Gasteiger partial charge in [-0.05, 0) is 42.0 Å². The summed E-state index contributed by atoms with van der Waals surface area (Å²) in [6, 6.07) is 11.7. The molecule has 0 bridgehead atoms. The zero-order valence-electron chi connectivity index (χ0n) is 16.4. The zero-order valence-corrected chi connectivity index (χ0v) is 19.5. The van der Waals surface area contributed by atoms with Gasteiger partial charge in [-0.3, -0.25) is 9.78 Å². The van der Waals surface area contributed by atoms with Crippen LogP contribution in [-0.4, -0.2) is 32.7 Å². The third-order valence-corrected chi connectivity index (χ3v) is 5.95. The summed E-state index contributed by atoms with van der Waals surface area (Å²) in [7, 11) is -2.23. The average molecular weight is 500 g/mol. The molecule has 3 aromatic rings. The van der Waals surface area contributed by atoms with E-state index in [4.69, 9.17) is 39.5 Å². The van der Waals surface area contributed by atoms with E-state index in [0.717, 1.165) is 11.8 Å². The second-order valence-corrected chi connectivity index (χ2v) is 9.67. The molecule has 0 aliphatic rings. The van der Waals surface area contributed by atoms with Crippen molar-refractivity contribution in [2.45, 2.75) is 6.42 Å². The molecule has 0 radical (unpaired) electrons. The first-order chi connectivity index (χ1) is 14.6. The number of methoxy groups -OCH3 is 1. The van der Waals surface area contributed by atoms with E-state index in [2.05, 4.69) is 4.98 Å². The Morgan fingerprint density at radius 1 is 1.03 bits per heavy atom. The Bertz CT molecular complexity index is 1260. The first-order valence-corrected chi connectivity index (χ1v) is 11.9. The molecule has 1 amide bonds. The van der Waals surface area contributed by atoms with Gasteiger partial charge in [0.1, 0.15) is 5.75 Å². The second kappa shape index (κ2) is 9.44. The SMILES string of the molecule is COc1cc(C(=O)NS(C)(=O)=O)ccc1-c1cnc(Cc2ccc(Cl)c(Cl)c2)c(Cl)c1. The zero-order chi connectivity index (χ0) is 22.8. The van der Waals surface area contributed by atoms with Gasteiger partial charge in [0.2, 0.25) is 10.0 Å². The maximum atomic E-state index is 12.1. The van der Waals surface area contributed by atoms with Crippen molar-refractivity contribution in [1.82, 2.24) is 9.71 Å². The molecular formula is C21H17Cl3N2O4S. The summed E-state index contributed by atoms with van der Waals surface area (Å²) >= 11 is 18.5. The number of amides is 1. The standard InChI is InChI=1S/C21H17Cl3N2O4S/c1-30-20-10-13(21(27)26-31(2,28)29)4-5-15(20)14-9-18(24)19(25-11-14)8-12-3-6-16(22)17(23)7-12/h3-7,9-11H,8H2,1-2H3,(H,26,27). The third-order valence-electron chi connectivity index (χ3n) is 4.33. The molecule has 0 aliphatic heterocycles. The molecule has 1 N–H and O–H groups in total. The van der Waals surface area contributed by atoms with Crippen molar-refractivity contribution >= 4 is 50.7 Å². The Labute approximate surface area is 195 Å². The normalized spacial score (nSPS) is 11.3. The van der Waals surface area contributed by atoms with Crippen LogP contribution in [0.4, 0.5) is 0 Å². The lowest BCUT2D eigenvalue weighted by Gasteiger charge is -2.12. The van der Waals surface area contributed by atoms with Gasteiger partial charge in [-0.15, -0.1) is 0 Å². The number of aromatic nitrogens is 1. The number of ether oxygens (including phenoxy) is 1. The summed E-state index contributed by atoms with van der Waals surface area (Å²) in [6.07, 6.45) is 3.02. The highest BCUT2D eigenvalue weighted by Crippen LogP contribution is 2.33. The van der Waals surface area contributed by atoms with Crippen molar-refractivity contribution in [3.05, 3.63) is 80.6 Å². The van der Waals surface area contributed by atoms with Gasteiger partial charge >= 0.3 is 0 Å². The van der Waals surface area contributed by atoms with Crippen LogP contribution in [0.15, 0.2) is 48.7 Å². The number of sulfonamides is 1. The molecule has 0 unspecified atom stereocenters. The van der Waals surface area contributed by atoms with Crippen LogP contribution in [0.5, 0.6) is 5.75 Å². The van der Waals surface area contributed by atoms with Crippen molar-refractivity contribution in [2.24, 2.45) is 0 Å². The minimum Gasteiger partial charge on any atom is -0.496 e. The molecule has 162 valence electrons. The van der Waals surface area contributed by atoms with Gasteiger partial charge in [0.25, 0.3) is 5.91 Å². The number of halogens is 3. The Hall–Kier alpha value is -2.32. The lowest BCUT2D eigenvalue weighted by atomic mass is 10.0.